The van der Waals surface area contributed by atoms with Crippen molar-refractivity contribution in [2.75, 3.05) is 25.5 Å². The fraction of sp³-hybridized carbons (Fsp3) is 0.167. The molecule has 0 spiro atoms. The summed E-state index contributed by atoms with van der Waals surface area (Å²) in [5.41, 5.74) is 3.73. The molecule has 2 aromatic carbocycles. The average Bonchev–Trinajstić information content (AvgIpc) is 3.27. The number of cyclic esters (lactones) is 1. The van der Waals surface area contributed by atoms with Crippen LogP contribution in [-0.4, -0.2) is 47.3 Å². The summed E-state index contributed by atoms with van der Waals surface area (Å²) in [6.45, 7) is 0.756. The van der Waals surface area contributed by atoms with Gasteiger partial charge in [-0.05, 0) is 47.5 Å². The highest BCUT2D eigenvalue weighted by Gasteiger charge is 2.23. The van der Waals surface area contributed by atoms with Gasteiger partial charge in [0, 0.05) is 30.4 Å². The monoisotopic (exact) mass is 427 g/mol. The highest BCUT2D eigenvalue weighted by Crippen LogP contribution is 2.30. The molecule has 1 amide bonds. The number of rotatable bonds is 6. The number of aromatic nitrogens is 3. The SMILES string of the molecule is CNc1nc(-c2cccnc2)nc2ccc(-c3cccc(OCC4CNC(=O)O4)c3)cc12. The number of carbonyl (C=O) groups excluding carboxylic acids is 1. The van der Waals surface area contributed by atoms with E-state index in [4.69, 9.17) is 14.5 Å². The van der Waals surface area contributed by atoms with Gasteiger partial charge in [0.25, 0.3) is 0 Å². The molecule has 1 atom stereocenters. The van der Waals surface area contributed by atoms with Gasteiger partial charge in [0.05, 0.1) is 12.1 Å². The molecule has 1 unspecified atom stereocenters. The Labute approximate surface area is 184 Å². The van der Waals surface area contributed by atoms with Crippen LogP contribution in [0.25, 0.3) is 33.4 Å². The first-order valence-corrected chi connectivity index (χ1v) is 10.3. The lowest BCUT2D eigenvalue weighted by atomic mass is 10.0. The Morgan fingerprint density at radius 1 is 1.09 bits per heavy atom. The van der Waals surface area contributed by atoms with Crippen LogP contribution in [0, 0.1) is 0 Å². The van der Waals surface area contributed by atoms with E-state index in [-0.39, 0.29) is 6.10 Å². The second-order valence-corrected chi connectivity index (χ2v) is 7.37. The number of alkyl carbamates (subject to hydrolysis) is 1. The van der Waals surface area contributed by atoms with Crippen LogP contribution in [0.3, 0.4) is 0 Å². The Balaban J connectivity index is 1.44. The number of hydrogen-bond acceptors (Lipinski definition) is 7. The van der Waals surface area contributed by atoms with E-state index in [0.29, 0.717) is 24.7 Å². The highest BCUT2D eigenvalue weighted by molar-refractivity contribution is 5.94. The first-order chi connectivity index (χ1) is 15.7. The molecule has 2 N–H and O–H groups in total. The standard InChI is InChI=1S/C24H21N5O3/c1-25-23-20-11-16(7-8-21(20)28-22(29-23)17-5-3-9-26-12-17)15-4-2-6-18(10-15)31-14-19-13-27-24(30)32-19/h2-12,19H,13-14H2,1H3,(H,27,30)(H,25,28,29). The molecule has 160 valence electrons. The Bertz CT molecular complexity index is 1280. The fourth-order valence-corrected chi connectivity index (χ4v) is 3.60. The molecule has 0 aliphatic carbocycles. The lowest BCUT2D eigenvalue weighted by Gasteiger charge is -2.12. The Kier molecular flexibility index (Phi) is 5.25. The van der Waals surface area contributed by atoms with Crippen LogP contribution in [0.1, 0.15) is 0 Å². The molecule has 2 aromatic heterocycles. The van der Waals surface area contributed by atoms with E-state index in [1.54, 1.807) is 12.4 Å². The molecular formula is C24H21N5O3. The lowest BCUT2D eigenvalue weighted by Crippen LogP contribution is -2.21. The summed E-state index contributed by atoms with van der Waals surface area (Å²) in [5.74, 6) is 2.08. The third kappa shape index (κ3) is 4.02. The van der Waals surface area contributed by atoms with Crippen molar-refractivity contribution in [1.29, 1.82) is 0 Å². The van der Waals surface area contributed by atoms with Gasteiger partial charge in [-0.25, -0.2) is 14.8 Å². The zero-order valence-electron chi connectivity index (χ0n) is 17.4. The highest BCUT2D eigenvalue weighted by atomic mass is 16.6. The number of nitrogens with zero attached hydrogens (tertiary/aromatic N) is 3. The Morgan fingerprint density at radius 3 is 2.75 bits per heavy atom. The maximum atomic E-state index is 11.2. The van der Waals surface area contributed by atoms with Crippen molar-refractivity contribution >= 4 is 22.8 Å². The minimum atomic E-state index is -0.405. The van der Waals surface area contributed by atoms with E-state index in [2.05, 4.69) is 26.7 Å². The third-order valence-corrected chi connectivity index (χ3v) is 5.20. The minimum Gasteiger partial charge on any atom is -0.490 e. The summed E-state index contributed by atoms with van der Waals surface area (Å²) in [5, 5.41) is 6.73. The van der Waals surface area contributed by atoms with Gasteiger partial charge in [-0.2, -0.15) is 0 Å². The molecule has 0 radical (unpaired) electrons. The molecule has 3 heterocycles. The van der Waals surface area contributed by atoms with Crippen molar-refractivity contribution in [1.82, 2.24) is 20.3 Å². The minimum absolute atomic E-state index is 0.281. The fourth-order valence-electron chi connectivity index (χ4n) is 3.60. The first kappa shape index (κ1) is 19.7. The summed E-state index contributed by atoms with van der Waals surface area (Å²) in [7, 11) is 1.85. The number of benzene rings is 2. The van der Waals surface area contributed by atoms with Crippen LogP contribution < -0.4 is 15.4 Å². The molecule has 0 bridgehead atoms. The van der Waals surface area contributed by atoms with E-state index < -0.39 is 6.09 Å². The largest absolute Gasteiger partial charge is 0.490 e. The van der Waals surface area contributed by atoms with Crippen LogP contribution in [0.5, 0.6) is 5.75 Å². The topological polar surface area (TPSA) is 98.3 Å². The van der Waals surface area contributed by atoms with Crippen LogP contribution in [0.15, 0.2) is 67.0 Å². The van der Waals surface area contributed by atoms with Crippen LogP contribution in [0.4, 0.5) is 10.6 Å². The predicted molar refractivity (Wildman–Crippen MR) is 122 cm³/mol. The molecule has 1 aliphatic rings. The van der Waals surface area contributed by atoms with E-state index >= 15 is 0 Å². The van der Waals surface area contributed by atoms with E-state index in [0.717, 1.165) is 33.4 Å². The summed E-state index contributed by atoms with van der Waals surface area (Å²) < 4.78 is 11.0. The number of hydrogen-bond donors (Lipinski definition) is 2. The summed E-state index contributed by atoms with van der Waals surface area (Å²) in [6.07, 6.45) is 2.79. The summed E-state index contributed by atoms with van der Waals surface area (Å²) in [4.78, 5) is 24.7. The zero-order valence-corrected chi connectivity index (χ0v) is 17.4. The van der Waals surface area contributed by atoms with Gasteiger partial charge >= 0.3 is 6.09 Å². The normalized spacial score (nSPS) is 15.3. The molecule has 1 aliphatic heterocycles. The van der Waals surface area contributed by atoms with E-state index in [9.17, 15) is 4.79 Å². The van der Waals surface area contributed by atoms with Crippen molar-refractivity contribution in [3.63, 3.8) is 0 Å². The van der Waals surface area contributed by atoms with Crippen molar-refractivity contribution in [2.24, 2.45) is 0 Å². The summed E-state index contributed by atoms with van der Waals surface area (Å²) >= 11 is 0. The predicted octanol–water partition coefficient (Wildman–Crippen LogP) is 3.89. The number of fused-ring (bicyclic) bond motifs is 1. The van der Waals surface area contributed by atoms with Gasteiger partial charge in [0.2, 0.25) is 0 Å². The first-order valence-electron chi connectivity index (χ1n) is 10.3. The summed E-state index contributed by atoms with van der Waals surface area (Å²) in [6, 6.07) is 17.7. The van der Waals surface area contributed by atoms with Crippen LogP contribution in [0.2, 0.25) is 0 Å². The van der Waals surface area contributed by atoms with Gasteiger partial charge < -0.3 is 20.1 Å². The maximum absolute atomic E-state index is 11.2. The molecule has 8 nitrogen and oxygen atoms in total. The van der Waals surface area contributed by atoms with Crippen molar-refractivity contribution in [3.05, 3.63) is 67.0 Å². The molecular weight excluding hydrogens is 406 g/mol. The lowest BCUT2D eigenvalue weighted by molar-refractivity contribution is 0.105. The van der Waals surface area contributed by atoms with Gasteiger partial charge in [-0.1, -0.05) is 18.2 Å². The molecule has 32 heavy (non-hydrogen) atoms. The van der Waals surface area contributed by atoms with Gasteiger partial charge in [-0.3, -0.25) is 4.98 Å². The van der Waals surface area contributed by atoms with Crippen molar-refractivity contribution < 1.29 is 14.3 Å². The van der Waals surface area contributed by atoms with Gasteiger partial charge in [-0.15, -0.1) is 0 Å². The number of pyridine rings is 1. The molecule has 5 rings (SSSR count). The van der Waals surface area contributed by atoms with Crippen LogP contribution in [-0.2, 0) is 4.74 Å². The Morgan fingerprint density at radius 2 is 1.97 bits per heavy atom. The molecule has 0 saturated carbocycles. The number of carbonyl (C=O) groups is 1. The van der Waals surface area contributed by atoms with Crippen molar-refractivity contribution in [2.45, 2.75) is 6.10 Å². The number of nitrogens with one attached hydrogen (secondary N) is 2. The maximum Gasteiger partial charge on any atom is 0.407 e. The number of amides is 1. The average molecular weight is 427 g/mol. The van der Waals surface area contributed by atoms with Crippen LogP contribution >= 0.6 is 0 Å². The van der Waals surface area contributed by atoms with E-state index in [1.165, 1.54) is 0 Å². The number of anilines is 1. The number of ether oxygens (including phenoxy) is 2. The van der Waals surface area contributed by atoms with Gasteiger partial charge in [0.15, 0.2) is 11.9 Å². The Hall–Kier alpha value is -4.20. The smallest absolute Gasteiger partial charge is 0.407 e. The quantitative estimate of drug-likeness (QED) is 0.482. The van der Waals surface area contributed by atoms with Gasteiger partial charge in [0.1, 0.15) is 18.2 Å². The molecule has 1 fully saturated rings. The second kappa shape index (κ2) is 8.50. The zero-order chi connectivity index (χ0) is 21.9. The second-order valence-electron chi connectivity index (χ2n) is 7.37. The van der Waals surface area contributed by atoms with Crippen molar-refractivity contribution in [3.8, 4) is 28.3 Å². The molecule has 4 aromatic rings. The third-order valence-electron chi connectivity index (χ3n) is 5.20. The molecule has 1 saturated heterocycles. The van der Waals surface area contributed by atoms with E-state index in [1.807, 2.05) is 55.6 Å². The molecule has 8 heteroatoms.